The lowest BCUT2D eigenvalue weighted by Crippen LogP contribution is -2.19. The van der Waals surface area contributed by atoms with E-state index < -0.39 is 0 Å². The van der Waals surface area contributed by atoms with Crippen molar-refractivity contribution in [2.75, 3.05) is 6.54 Å². The van der Waals surface area contributed by atoms with Crippen molar-refractivity contribution in [3.63, 3.8) is 0 Å². The van der Waals surface area contributed by atoms with Gasteiger partial charge in [-0.15, -0.1) is 0 Å². The molecule has 0 rings (SSSR count). The van der Waals surface area contributed by atoms with E-state index in [9.17, 15) is 0 Å². The highest BCUT2D eigenvalue weighted by Gasteiger charge is 1.97. The Morgan fingerprint density at radius 3 is 1.94 bits per heavy atom. The van der Waals surface area contributed by atoms with Gasteiger partial charge in [0.2, 0.25) is 0 Å². The van der Waals surface area contributed by atoms with Crippen LogP contribution >= 0.6 is 0 Å². The first-order chi connectivity index (χ1) is 7.68. The largest absolute Gasteiger partial charge is 0.387 e. The van der Waals surface area contributed by atoms with Crippen LogP contribution in [0.4, 0.5) is 0 Å². The molecular formula is C14H30N2. The van der Waals surface area contributed by atoms with Gasteiger partial charge in [-0.05, 0) is 6.42 Å². The molecule has 0 heterocycles. The van der Waals surface area contributed by atoms with Gasteiger partial charge in [-0.3, -0.25) is 4.99 Å². The topological polar surface area (TPSA) is 38.4 Å². The number of hydrogen-bond acceptors (Lipinski definition) is 1. The highest BCUT2D eigenvalue weighted by atomic mass is 14.8. The molecule has 0 unspecified atom stereocenters. The van der Waals surface area contributed by atoms with Gasteiger partial charge >= 0.3 is 0 Å². The predicted molar refractivity (Wildman–Crippen MR) is 73.9 cm³/mol. The third-order valence-electron chi connectivity index (χ3n) is 2.90. The van der Waals surface area contributed by atoms with Gasteiger partial charge in [0.05, 0.1) is 5.84 Å². The van der Waals surface area contributed by atoms with Crippen LogP contribution in [-0.2, 0) is 0 Å². The van der Waals surface area contributed by atoms with Gasteiger partial charge < -0.3 is 5.73 Å². The molecule has 0 aliphatic heterocycles. The van der Waals surface area contributed by atoms with Crippen molar-refractivity contribution in [3.05, 3.63) is 0 Å². The van der Waals surface area contributed by atoms with Crippen molar-refractivity contribution in [1.29, 1.82) is 0 Å². The molecule has 0 saturated heterocycles. The molecule has 0 atom stereocenters. The van der Waals surface area contributed by atoms with Crippen molar-refractivity contribution in [3.8, 4) is 0 Å². The molecule has 0 bridgehead atoms. The van der Waals surface area contributed by atoms with E-state index in [0.717, 1.165) is 12.4 Å². The Balaban J connectivity index is 3.18. The van der Waals surface area contributed by atoms with Crippen LogP contribution in [0.2, 0.25) is 0 Å². The van der Waals surface area contributed by atoms with Crippen LogP contribution in [0.25, 0.3) is 0 Å². The maximum absolute atomic E-state index is 5.76. The van der Waals surface area contributed by atoms with Crippen LogP contribution in [0.1, 0.15) is 72.1 Å². The van der Waals surface area contributed by atoms with Crippen LogP contribution in [0, 0.1) is 5.92 Å². The number of amidine groups is 1. The molecule has 0 radical (unpaired) electrons. The smallest absolute Gasteiger partial charge is 0.0962 e. The molecule has 16 heavy (non-hydrogen) atoms. The van der Waals surface area contributed by atoms with E-state index in [0.29, 0.717) is 5.92 Å². The summed E-state index contributed by atoms with van der Waals surface area (Å²) in [5, 5.41) is 0. The Morgan fingerprint density at radius 2 is 1.44 bits per heavy atom. The van der Waals surface area contributed by atoms with E-state index in [2.05, 4.69) is 25.8 Å². The predicted octanol–water partition coefficient (Wildman–Crippen LogP) is 4.14. The summed E-state index contributed by atoms with van der Waals surface area (Å²) in [6, 6.07) is 0. The molecule has 0 aromatic heterocycles. The quantitative estimate of drug-likeness (QED) is 0.339. The SMILES string of the molecule is CCCCCCCCCCN=C(N)C(C)C. The van der Waals surface area contributed by atoms with Crippen molar-refractivity contribution >= 4 is 5.84 Å². The monoisotopic (exact) mass is 226 g/mol. The molecule has 0 saturated carbocycles. The summed E-state index contributed by atoms with van der Waals surface area (Å²) in [7, 11) is 0. The molecule has 0 amide bonds. The summed E-state index contributed by atoms with van der Waals surface area (Å²) >= 11 is 0. The van der Waals surface area contributed by atoms with Crippen molar-refractivity contribution in [2.24, 2.45) is 16.6 Å². The summed E-state index contributed by atoms with van der Waals surface area (Å²) in [5.41, 5.74) is 5.76. The number of nitrogens with zero attached hydrogens (tertiary/aromatic N) is 1. The molecule has 96 valence electrons. The third-order valence-corrected chi connectivity index (χ3v) is 2.90. The minimum Gasteiger partial charge on any atom is -0.387 e. The first-order valence-corrected chi connectivity index (χ1v) is 6.98. The van der Waals surface area contributed by atoms with Gasteiger partial charge in [-0.25, -0.2) is 0 Å². The van der Waals surface area contributed by atoms with Crippen molar-refractivity contribution < 1.29 is 0 Å². The van der Waals surface area contributed by atoms with E-state index in [1.165, 1.54) is 51.4 Å². The highest BCUT2D eigenvalue weighted by molar-refractivity contribution is 5.82. The second kappa shape index (κ2) is 11.0. The number of aliphatic imine (C=N–C) groups is 1. The van der Waals surface area contributed by atoms with Gasteiger partial charge in [-0.2, -0.15) is 0 Å². The van der Waals surface area contributed by atoms with Gasteiger partial charge in [0.25, 0.3) is 0 Å². The standard InChI is InChI=1S/C14H30N2/c1-4-5-6-7-8-9-10-11-12-16-14(15)13(2)3/h13H,4-12H2,1-3H3,(H2,15,16). The lowest BCUT2D eigenvalue weighted by Gasteiger charge is -2.04. The van der Waals surface area contributed by atoms with E-state index in [4.69, 9.17) is 5.73 Å². The third kappa shape index (κ3) is 10.0. The molecule has 0 spiro atoms. The zero-order chi connectivity index (χ0) is 12.2. The lowest BCUT2D eigenvalue weighted by molar-refractivity contribution is 0.578. The summed E-state index contributed by atoms with van der Waals surface area (Å²) in [5.74, 6) is 1.21. The van der Waals surface area contributed by atoms with Crippen LogP contribution in [0.3, 0.4) is 0 Å². The van der Waals surface area contributed by atoms with Gasteiger partial charge in [0.15, 0.2) is 0 Å². The summed E-state index contributed by atoms with van der Waals surface area (Å²) in [6.45, 7) is 7.36. The molecule has 0 aliphatic rings. The average Bonchev–Trinajstić information content (AvgIpc) is 2.26. The number of unbranched alkanes of at least 4 members (excludes halogenated alkanes) is 7. The zero-order valence-corrected chi connectivity index (χ0v) is 11.5. The lowest BCUT2D eigenvalue weighted by atomic mass is 10.1. The normalized spacial score (nSPS) is 12.4. The second-order valence-corrected chi connectivity index (χ2v) is 4.94. The Hall–Kier alpha value is -0.530. The van der Waals surface area contributed by atoms with Crippen molar-refractivity contribution in [1.82, 2.24) is 0 Å². The number of nitrogens with two attached hydrogens (primary N) is 1. The van der Waals surface area contributed by atoms with Crippen LogP contribution in [0.15, 0.2) is 4.99 Å². The van der Waals surface area contributed by atoms with Crippen LogP contribution in [0.5, 0.6) is 0 Å². The molecular weight excluding hydrogens is 196 g/mol. The van der Waals surface area contributed by atoms with Gasteiger partial charge in [0, 0.05) is 12.5 Å². The molecule has 0 fully saturated rings. The van der Waals surface area contributed by atoms with E-state index >= 15 is 0 Å². The zero-order valence-electron chi connectivity index (χ0n) is 11.5. The minimum atomic E-state index is 0.397. The van der Waals surface area contributed by atoms with Crippen LogP contribution in [-0.4, -0.2) is 12.4 Å². The van der Waals surface area contributed by atoms with Gasteiger partial charge in [-0.1, -0.05) is 65.7 Å². The second-order valence-electron chi connectivity index (χ2n) is 4.94. The molecule has 2 N–H and O–H groups in total. The van der Waals surface area contributed by atoms with Gasteiger partial charge in [0.1, 0.15) is 0 Å². The fourth-order valence-corrected chi connectivity index (χ4v) is 1.64. The molecule has 0 aromatic rings. The highest BCUT2D eigenvalue weighted by Crippen LogP contribution is 2.08. The Morgan fingerprint density at radius 1 is 0.938 bits per heavy atom. The molecule has 0 aromatic carbocycles. The first kappa shape index (κ1) is 15.5. The minimum absolute atomic E-state index is 0.397. The fraction of sp³-hybridized carbons (Fsp3) is 0.929. The maximum Gasteiger partial charge on any atom is 0.0962 e. The summed E-state index contributed by atoms with van der Waals surface area (Å²) < 4.78 is 0. The van der Waals surface area contributed by atoms with E-state index in [1.807, 2.05) is 0 Å². The van der Waals surface area contributed by atoms with Crippen molar-refractivity contribution in [2.45, 2.75) is 72.1 Å². The average molecular weight is 226 g/mol. The van der Waals surface area contributed by atoms with E-state index in [-0.39, 0.29) is 0 Å². The Bertz CT molecular complexity index is 174. The summed E-state index contributed by atoms with van der Waals surface area (Å²) in [4.78, 5) is 4.37. The van der Waals surface area contributed by atoms with Crippen LogP contribution < -0.4 is 5.73 Å². The number of rotatable bonds is 10. The first-order valence-electron chi connectivity index (χ1n) is 6.98. The summed E-state index contributed by atoms with van der Waals surface area (Å²) in [6.07, 6.45) is 10.8. The Labute approximate surface area is 102 Å². The molecule has 2 heteroatoms. The molecule has 0 aliphatic carbocycles. The molecule has 2 nitrogen and oxygen atoms in total. The Kier molecular flexibility index (Phi) is 10.6. The number of hydrogen-bond donors (Lipinski definition) is 1. The fourth-order valence-electron chi connectivity index (χ4n) is 1.64. The maximum atomic E-state index is 5.76. The van der Waals surface area contributed by atoms with E-state index in [1.54, 1.807) is 0 Å².